The summed E-state index contributed by atoms with van der Waals surface area (Å²) in [6.45, 7) is 2.22. The lowest BCUT2D eigenvalue weighted by atomic mass is 10.2. The highest BCUT2D eigenvalue weighted by Gasteiger charge is 2.09. The van der Waals surface area contributed by atoms with E-state index in [0.29, 0.717) is 22.6 Å². The van der Waals surface area contributed by atoms with Gasteiger partial charge in [-0.3, -0.25) is 9.59 Å². The summed E-state index contributed by atoms with van der Waals surface area (Å²) in [5.74, 6) is 1.03. The van der Waals surface area contributed by atoms with Crippen molar-refractivity contribution in [2.45, 2.75) is 20.1 Å². The van der Waals surface area contributed by atoms with Gasteiger partial charge in [-0.1, -0.05) is 12.1 Å². The fourth-order valence-electron chi connectivity index (χ4n) is 3.04. The van der Waals surface area contributed by atoms with Gasteiger partial charge in [-0.15, -0.1) is 5.10 Å². The first kappa shape index (κ1) is 21.0. The fourth-order valence-corrected chi connectivity index (χ4v) is 3.04. The van der Waals surface area contributed by atoms with Crippen LogP contribution in [-0.4, -0.2) is 15.7 Å². The largest absolute Gasteiger partial charge is 0.472 e. The van der Waals surface area contributed by atoms with Crippen LogP contribution in [0.2, 0.25) is 0 Å². The van der Waals surface area contributed by atoms with E-state index < -0.39 is 0 Å². The molecule has 32 heavy (non-hydrogen) atoms. The van der Waals surface area contributed by atoms with Crippen LogP contribution in [-0.2, 0) is 13.2 Å². The first-order valence-electron chi connectivity index (χ1n) is 9.89. The van der Waals surface area contributed by atoms with Gasteiger partial charge < -0.3 is 14.5 Å². The molecule has 1 N–H and O–H groups in total. The molecule has 2 heterocycles. The monoisotopic (exact) mass is 433 g/mol. The van der Waals surface area contributed by atoms with Crippen molar-refractivity contribution in [2.75, 3.05) is 0 Å². The quantitative estimate of drug-likeness (QED) is 0.479. The lowest BCUT2D eigenvalue weighted by Gasteiger charge is -2.09. The van der Waals surface area contributed by atoms with Crippen LogP contribution in [0.15, 0.2) is 82.0 Å². The van der Waals surface area contributed by atoms with Crippen molar-refractivity contribution < 1.29 is 18.3 Å². The normalized spacial score (nSPS) is 10.7. The molecule has 4 rings (SSSR count). The summed E-state index contributed by atoms with van der Waals surface area (Å²) in [6, 6.07) is 18.9. The van der Waals surface area contributed by atoms with Gasteiger partial charge in [0, 0.05) is 17.7 Å². The van der Waals surface area contributed by atoms with E-state index >= 15 is 0 Å². The lowest BCUT2D eigenvalue weighted by Crippen LogP contribution is -2.23. The minimum Gasteiger partial charge on any atom is -0.472 e. The predicted octanol–water partition coefficient (Wildman–Crippen LogP) is 3.78. The number of aryl methyl sites for hydroxylation is 1. The minimum atomic E-state index is -0.354. The molecular weight excluding hydrogens is 413 g/mol. The molecule has 0 unspecified atom stereocenters. The molecule has 162 valence electrons. The Balaban J connectivity index is 1.44. The molecule has 0 radical (unpaired) electrons. The van der Waals surface area contributed by atoms with Crippen LogP contribution >= 0.6 is 0 Å². The molecule has 8 heteroatoms. The first-order valence-corrected chi connectivity index (χ1v) is 9.89. The van der Waals surface area contributed by atoms with Crippen LogP contribution in [0.5, 0.6) is 5.88 Å². The smallest absolute Gasteiger partial charge is 0.271 e. The number of halogens is 1. The summed E-state index contributed by atoms with van der Waals surface area (Å²) < 4.78 is 25.5. The van der Waals surface area contributed by atoms with Gasteiger partial charge >= 0.3 is 0 Å². The maximum Gasteiger partial charge on any atom is 0.271 e. The van der Waals surface area contributed by atoms with Crippen LogP contribution in [0.3, 0.4) is 0 Å². The molecule has 0 bridgehead atoms. The summed E-state index contributed by atoms with van der Waals surface area (Å²) in [5, 5.41) is 6.99. The number of carbonyl (C=O) groups excluding carboxylic acids is 1. The molecule has 0 aliphatic rings. The van der Waals surface area contributed by atoms with Gasteiger partial charge in [0.05, 0.1) is 12.2 Å². The van der Waals surface area contributed by atoms with Gasteiger partial charge in [-0.05, 0) is 61.0 Å². The third-order valence-corrected chi connectivity index (χ3v) is 4.64. The number of rotatable bonds is 7. The van der Waals surface area contributed by atoms with E-state index in [0.717, 1.165) is 5.76 Å². The molecule has 0 saturated carbocycles. The molecule has 0 atom stereocenters. The first-order chi connectivity index (χ1) is 15.5. The third-order valence-electron chi connectivity index (χ3n) is 4.64. The Morgan fingerprint density at radius 2 is 1.91 bits per heavy atom. The Kier molecular flexibility index (Phi) is 6.12. The molecule has 2 aromatic carbocycles. The van der Waals surface area contributed by atoms with E-state index in [1.165, 1.54) is 28.9 Å². The highest BCUT2D eigenvalue weighted by atomic mass is 19.1. The summed E-state index contributed by atoms with van der Waals surface area (Å²) in [5.41, 5.74) is 1.20. The summed E-state index contributed by atoms with van der Waals surface area (Å²) in [4.78, 5) is 24.6. The Bertz CT molecular complexity index is 1300. The van der Waals surface area contributed by atoms with Crippen LogP contribution in [0, 0.1) is 12.7 Å². The zero-order chi connectivity index (χ0) is 22.5. The van der Waals surface area contributed by atoms with E-state index in [2.05, 4.69) is 10.4 Å². The number of furan rings is 1. The van der Waals surface area contributed by atoms with Gasteiger partial charge in [0.2, 0.25) is 5.88 Å². The Morgan fingerprint density at radius 1 is 1.09 bits per heavy atom. The van der Waals surface area contributed by atoms with Crippen LogP contribution < -0.4 is 15.6 Å². The van der Waals surface area contributed by atoms with Crippen molar-refractivity contribution in [2.24, 2.45) is 0 Å². The van der Waals surface area contributed by atoms with Crippen molar-refractivity contribution in [3.05, 3.63) is 112 Å². The Hall–Kier alpha value is -4.20. The number of hydrogen-bond acceptors (Lipinski definition) is 5. The third kappa shape index (κ3) is 5.10. The molecule has 4 aromatic rings. The SMILES string of the molecule is Cc1ccc(CNC(=O)c2ccc(-n3nc(OCc4cccc(F)c4)ccc3=O)cc2)o1. The summed E-state index contributed by atoms with van der Waals surface area (Å²) >= 11 is 0. The number of nitrogens with zero attached hydrogens (tertiary/aromatic N) is 2. The molecule has 0 fully saturated rings. The van der Waals surface area contributed by atoms with Crippen molar-refractivity contribution >= 4 is 5.91 Å². The van der Waals surface area contributed by atoms with E-state index in [-0.39, 0.29) is 36.3 Å². The van der Waals surface area contributed by atoms with Crippen molar-refractivity contribution in [1.82, 2.24) is 15.1 Å². The molecule has 0 spiro atoms. The molecule has 7 nitrogen and oxygen atoms in total. The number of amides is 1. The summed E-state index contributed by atoms with van der Waals surface area (Å²) in [6.07, 6.45) is 0. The van der Waals surface area contributed by atoms with E-state index in [9.17, 15) is 14.0 Å². The second-order valence-corrected chi connectivity index (χ2v) is 7.08. The number of benzene rings is 2. The van der Waals surface area contributed by atoms with Crippen LogP contribution in [0.4, 0.5) is 4.39 Å². The van der Waals surface area contributed by atoms with E-state index in [1.807, 2.05) is 13.0 Å². The Morgan fingerprint density at radius 3 is 2.62 bits per heavy atom. The summed E-state index contributed by atoms with van der Waals surface area (Å²) in [7, 11) is 0. The van der Waals surface area contributed by atoms with Gasteiger partial charge in [-0.25, -0.2) is 4.39 Å². The molecular formula is C24H20FN3O4. The van der Waals surface area contributed by atoms with Crippen molar-refractivity contribution in [1.29, 1.82) is 0 Å². The van der Waals surface area contributed by atoms with E-state index in [1.54, 1.807) is 42.5 Å². The van der Waals surface area contributed by atoms with Crippen LogP contribution in [0.25, 0.3) is 5.69 Å². The Labute approximate surface area is 183 Å². The van der Waals surface area contributed by atoms with Gasteiger partial charge in [0.25, 0.3) is 11.5 Å². The zero-order valence-electron chi connectivity index (χ0n) is 17.2. The molecule has 0 aliphatic carbocycles. The molecule has 2 aromatic heterocycles. The maximum atomic E-state index is 13.3. The molecule has 0 aliphatic heterocycles. The number of nitrogens with one attached hydrogen (secondary N) is 1. The average molecular weight is 433 g/mol. The number of carbonyl (C=O) groups is 1. The average Bonchev–Trinajstić information content (AvgIpc) is 3.22. The standard InChI is InChI=1S/C24H20FN3O4/c1-16-5-10-21(32-16)14-26-24(30)18-6-8-20(9-7-18)28-23(29)12-11-22(27-28)31-15-17-3-2-4-19(25)13-17/h2-13H,14-15H2,1H3,(H,26,30). The maximum absolute atomic E-state index is 13.3. The zero-order valence-corrected chi connectivity index (χ0v) is 17.2. The molecule has 0 saturated heterocycles. The van der Waals surface area contributed by atoms with Gasteiger partial charge in [0.1, 0.15) is 23.9 Å². The van der Waals surface area contributed by atoms with Crippen molar-refractivity contribution in [3.8, 4) is 11.6 Å². The topological polar surface area (TPSA) is 86.4 Å². The number of aromatic nitrogens is 2. The second kappa shape index (κ2) is 9.30. The molecule has 1 amide bonds. The highest BCUT2D eigenvalue weighted by molar-refractivity contribution is 5.94. The minimum absolute atomic E-state index is 0.108. The van der Waals surface area contributed by atoms with Gasteiger partial charge in [0.15, 0.2) is 0 Å². The lowest BCUT2D eigenvalue weighted by molar-refractivity contribution is 0.0948. The van der Waals surface area contributed by atoms with E-state index in [4.69, 9.17) is 9.15 Å². The fraction of sp³-hybridized carbons (Fsp3) is 0.125. The number of hydrogen-bond donors (Lipinski definition) is 1. The highest BCUT2D eigenvalue weighted by Crippen LogP contribution is 2.12. The second-order valence-electron chi connectivity index (χ2n) is 7.08. The number of ether oxygens (including phenoxy) is 1. The van der Waals surface area contributed by atoms with Gasteiger partial charge in [-0.2, -0.15) is 4.68 Å². The van der Waals surface area contributed by atoms with Crippen LogP contribution in [0.1, 0.15) is 27.4 Å². The van der Waals surface area contributed by atoms with Crippen molar-refractivity contribution in [3.63, 3.8) is 0 Å². The predicted molar refractivity (Wildman–Crippen MR) is 115 cm³/mol.